The van der Waals surface area contributed by atoms with Gasteiger partial charge in [0.25, 0.3) is 5.56 Å². The first kappa shape index (κ1) is 26.6. The molecule has 0 aliphatic carbocycles. The first-order valence-corrected chi connectivity index (χ1v) is 13.4. The number of sulfone groups is 1. The second kappa shape index (κ2) is 10.1. The van der Waals surface area contributed by atoms with Gasteiger partial charge in [-0.05, 0) is 48.5 Å². The second-order valence-electron chi connectivity index (χ2n) is 8.94. The third kappa shape index (κ3) is 5.59. The molecule has 4 rings (SSSR count). The molecule has 0 spiro atoms. The van der Waals surface area contributed by atoms with Crippen molar-refractivity contribution in [2.45, 2.75) is 31.1 Å². The second-order valence-corrected chi connectivity index (χ2v) is 11.6. The monoisotopic (exact) mass is 542 g/mol. The third-order valence-electron chi connectivity index (χ3n) is 6.40. The first-order valence-electron chi connectivity index (χ1n) is 11.4. The molecule has 12 heteroatoms. The lowest BCUT2D eigenvalue weighted by Crippen LogP contribution is -2.44. The molecule has 0 bridgehead atoms. The summed E-state index contributed by atoms with van der Waals surface area (Å²) in [5.41, 5.74) is -0.822. The van der Waals surface area contributed by atoms with Crippen LogP contribution < -0.4 is 5.56 Å². The molecule has 1 aliphatic rings. The number of hydrogen-bond donors (Lipinski definition) is 0. The first-order chi connectivity index (χ1) is 16.9. The number of likely N-dealkylation sites (N-methyl/N-ethyl adjacent to an activating group) is 1. The van der Waals surface area contributed by atoms with Crippen LogP contribution in [-0.4, -0.2) is 66.7 Å². The maximum atomic E-state index is 13.7. The van der Waals surface area contributed by atoms with Crippen molar-refractivity contribution in [3.05, 3.63) is 68.7 Å². The van der Waals surface area contributed by atoms with Crippen LogP contribution in [0.1, 0.15) is 23.6 Å². The summed E-state index contributed by atoms with van der Waals surface area (Å²) in [7, 11) is -1.64. The molecule has 0 atom stereocenters. The standard InChI is InChI=1S/C24H26ClF3N4O3S/c1-3-36(34,35)21-5-4-19(25)11-16(21)14-32-15-29-22-17(13-31-8-6-30(2)7-9-31)10-18(24(26,27)28)12-20(22)23(32)33/h4-5,10-12,15H,3,6-9,13-14H2,1-2H3. The van der Waals surface area contributed by atoms with Gasteiger partial charge in [0.1, 0.15) is 0 Å². The van der Waals surface area contributed by atoms with Crippen molar-refractivity contribution in [2.75, 3.05) is 39.0 Å². The van der Waals surface area contributed by atoms with Crippen molar-refractivity contribution in [3.8, 4) is 0 Å². The van der Waals surface area contributed by atoms with E-state index >= 15 is 0 Å². The molecule has 0 saturated carbocycles. The maximum absolute atomic E-state index is 13.7. The summed E-state index contributed by atoms with van der Waals surface area (Å²) in [5, 5.41) is 0.106. The lowest BCUT2D eigenvalue weighted by Gasteiger charge is -2.32. The molecule has 0 N–H and O–H groups in total. The number of halogens is 4. The Morgan fingerprint density at radius 1 is 1.03 bits per heavy atom. The van der Waals surface area contributed by atoms with Crippen LogP contribution >= 0.6 is 11.6 Å². The van der Waals surface area contributed by atoms with Gasteiger partial charge in [-0.3, -0.25) is 14.3 Å². The van der Waals surface area contributed by atoms with Gasteiger partial charge in [0.05, 0.1) is 40.0 Å². The molecule has 1 aliphatic heterocycles. The predicted octanol–water partition coefficient (Wildman–Crippen LogP) is 3.66. The predicted molar refractivity (Wildman–Crippen MR) is 132 cm³/mol. The molecule has 1 saturated heterocycles. The van der Waals surface area contributed by atoms with Crippen LogP contribution in [0.3, 0.4) is 0 Å². The lowest BCUT2D eigenvalue weighted by atomic mass is 10.0. The summed E-state index contributed by atoms with van der Waals surface area (Å²) in [6, 6.07) is 6.11. The van der Waals surface area contributed by atoms with E-state index in [9.17, 15) is 26.4 Å². The van der Waals surface area contributed by atoms with Crippen LogP contribution in [0.25, 0.3) is 10.9 Å². The zero-order chi connectivity index (χ0) is 26.3. The largest absolute Gasteiger partial charge is 0.416 e. The van der Waals surface area contributed by atoms with Gasteiger partial charge in [0, 0.05) is 37.7 Å². The van der Waals surface area contributed by atoms with E-state index < -0.39 is 27.1 Å². The maximum Gasteiger partial charge on any atom is 0.416 e. The van der Waals surface area contributed by atoms with Crippen LogP contribution in [0, 0.1) is 0 Å². The smallest absolute Gasteiger partial charge is 0.304 e. The van der Waals surface area contributed by atoms with Gasteiger partial charge in [-0.1, -0.05) is 18.5 Å². The topological polar surface area (TPSA) is 75.5 Å². The fraction of sp³-hybridized carbons (Fsp3) is 0.417. The number of piperazine rings is 1. The molecule has 194 valence electrons. The van der Waals surface area contributed by atoms with E-state index in [2.05, 4.69) is 9.88 Å². The molecule has 0 amide bonds. The van der Waals surface area contributed by atoms with Gasteiger partial charge in [0.15, 0.2) is 9.84 Å². The highest BCUT2D eigenvalue weighted by atomic mass is 35.5. The summed E-state index contributed by atoms with van der Waals surface area (Å²) >= 11 is 6.07. The summed E-state index contributed by atoms with van der Waals surface area (Å²) in [4.78, 5) is 21.9. The number of nitrogens with zero attached hydrogens (tertiary/aromatic N) is 4. The number of rotatable bonds is 6. The molecule has 3 aromatic rings. The Labute approximate surface area is 212 Å². The number of fused-ring (bicyclic) bond motifs is 1. The third-order valence-corrected chi connectivity index (χ3v) is 8.47. The highest BCUT2D eigenvalue weighted by molar-refractivity contribution is 7.91. The number of benzene rings is 2. The molecule has 36 heavy (non-hydrogen) atoms. The number of hydrogen-bond acceptors (Lipinski definition) is 6. The van der Waals surface area contributed by atoms with Crippen LogP contribution in [-0.2, 0) is 29.1 Å². The Morgan fingerprint density at radius 2 is 1.72 bits per heavy atom. The van der Waals surface area contributed by atoms with E-state index in [1.807, 2.05) is 11.9 Å². The molecule has 7 nitrogen and oxygen atoms in total. The molecule has 0 radical (unpaired) electrons. The van der Waals surface area contributed by atoms with E-state index in [0.29, 0.717) is 18.7 Å². The van der Waals surface area contributed by atoms with Crippen LogP contribution in [0.4, 0.5) is 13.2 Å². The van der Waals surface area contributed by atoms with E-state index in [0.717, 1.165) is 29.8 Å². The van der Waals surface area contributed by atoms with Gasteiger partial charge in [0.2, 0.25) is 0 Å². The van der Waals surface area contributed by atoms with E-state index in [4.69, 9.17) is 11.6 Å². The summed E-state index contributed by atoms with van der Waals surface area (Å²) in [5.74, 6) is -0.156. The van der Waals surface area contributed by atoms with Crippen molar-refractivity contribution in [2.24, 2.45) is 0 Å². The normalized spacial score (nSPS) is 16.1. The van der Waals surface area contributed by atoms with Crippen molar-refractivity contribution in [3.63, 3.8) is 0 Å². The Hall–Kier alpha value is -2.47. The fourth-order valence-electron chi connectivity index (χ4n) is 4.30. The van der Waals surface area contributed by atoms with Crippen molar-refractivity contribution < 1.29 is 21.6 Å². The van der Waals surface area contributed by atoms with Crippen LogP contribution in [0.2, 0.25) is 5.02 Å². The number of alkyl halides is 3. The summed E-state index contributed by atoms with van der Waals surface area (Å²) < 4.78 is 67.4. The highest BCUT2D eigenvalue weighted by Crippen LogP contribution is 2.32. The fourth-order valence-corrected chi connectivity index (χ4v) is 5.61. The molecular formula is C24H26ClF3N4O3S. The van der Waals surface area contributed by atoms with Gasteiger partial charge in [-0.25, -0.2) is 13.4 Å². The molecule has 1 fully saturated rings. The Kier molecular flexibility index (Phi) is 7.47. The minimum atomic E-state index is -4.65. The van der Waals surface area contributed by atoms with Gasteiger partial charge < -0.3 is 4.90 Å². The van der Waals surface area contributed by atoms with Gasteiger partial charge in [-0.2, -0.15) is 13.2 Å². The van der Waals surface area contributed by atoms with Crippen LogP contribution in [0.5, 0.6) is 0 Å². The van der Waals surface area contributed by atoms with E-state index in [-0.39, 0.29) is 45.2 Å². The summed E-state index contributed by atoms with van der Waals surface area (Å²) in [6.45, 7) is 4.49. The minimum absolute atomic E-state index is 0.0150. The van der Waals surface area contributed by atoms with Crippen molar-refractivity contribution in [1.29, 1.82) is 0 Å². The average Bonchev–Trinajstić information content (AvgIpc) is 2.81. The highest BCUT2D eigenvalue weighted by Gasteiger charge is 2.32. The van der Waals surface area contributed by atoms with Gasteiger partial charge in [-0.15, -0.1) is 0 Å². The van der Waals surface area contributed by atoms with E-state index in [1.165, 1.54) is 31.5 Å². The average molecular weight is 543 g/mol. The van der Waals surface area contributed by atoms with Crippen molar-refractivity contribution >= 4 is 32.3 Å². The minimum Gasteiger partial charge on any atom is -0.304 e. The van der Waals surface area contributed by atoms with Crippen molar-refractivity contribution in [1.82, 2.24) is 19.4 Å². The van der Waals surface area contributed by atoms with Crippen LogP contribution in [0.15, 0.2) is 46.3 Å². The van der Waals surface area contributed by atoms with Gasteiger partial charge >= 0.3 is 6.18 Å². The molecule has 0 unspecified atom stereocenters. The SMILES string of the molecule is CCS(=O)(=O)c1ccc(Cl)cc1Cn1cnc2c(CN3CCN(C)CC3)cc(C(F)(F)F)cc2c1=O. The molecule has 2 heterocycles. The zero-order valence-electron chi connectivity index (χ0n) is 19.8. The zero-order valence-corrected chi connectivity index (χ0v) is 21.4. The molecular weight excluding hydrogens is 517 g/mol. The van der Waals surface area contributed by atoms with E-state index in [1.54, 1.807) is 0 Å². The quantitative estimate of drug-likeness (QED) is 0.473. The molecule has 1 aromatic heterocycles. The Bertz CT molecular complexity index is 1450. The number of aromatic nitrogens is 2. The molecule has 2 aromatic carbocycles. The lowest BCUT2D eigenvalue weighted by molar-refractivity contribution is -0.137. The summed E-state index contributed by atoms with van der Waals surface area (Å²) in [6.07, 6.45) is -3.40. The Morgan fingerprint density at radius 3 is 2.36 bits per heavy atom. The Balaban J connectivity index is 1.81.